The van der Waals surface area contributed by atoms with Crippen LogP contribution in [0.2, 0.25) is 0 Å². The first-order valence-electron chi connectivity index (χ1n) is 9.82. The number of imide groups is 1. The quantitative estimate of drug-likeness (QED) is 0.420. The Morgan fingerprint density at radius 2 is 1.76 bits per heavy atom. The molecule has 1 aliphatic heterocycles. The van der Waals surface area contributed by atoms with E-state index in [9.17, 15) is 23.2 Å². The summed E-state index contributed by atoms with van der Waals surface area (Å²) < 4.78 is 28.1. The van der Waals surface area contributed by atoms with E-state index < -0.39 is 35.9 Å². The summed E-state index contributed by atoms with van der Waals surface area (Å²) in [7, 11) is 0. The Hall–Kier alpha value is -4.05. The molecule has 3 heterocycles. The summed E-state index contributed by atoms with van der Waals surface area (Å²) in [4.78, 5) is 49.1. The van der Waals surface area contributed by atoms with Crippen LogP contribution < -0.4 is 4.90 Å². The van der Waals surface area contributed by atoms with Crippen LogP contribution in [0.25, 0.3) is 10.2 Å². The van der Waals surface area contributed by atoms with Gasteiger partial charge in [0.2, 0.25) is 5.91 Å². The number of amides is 3. The number of carbonyl (C=O) groups is 3. The minimum atomic E-state index is -0.846. The molecule has 0 saturated carbocycles. The molecular weight excluding hydrogens is 450 g/mol. The molecule has 2 aromatic carbocycles. The summed E-state index contributed by atoms with van der Waals surface area (Å²) in [5.74, 6) is -3.34. The maximum atomic E-state index is 14.2. The van der Waals surface area contributed by atoms with Crippen molar-refractivity contribution in [1.82, 2.24) is 14.9 Å². The van der Waals surface area contributed by atoms with E-state index in [2.05, 4.69) is 9.97 Å². The summed E-state index contributed by atoms with van der Waals surface area (Å²) in [6, 6.07) is 11.6. The summed E-state index contributed by atoms with van der Waals surface area (Å²) in [6.07, 6.45) is 3.13. The minimum Gasteiger partial charge on any atom is -0.282 e. The van der Waals surface area contributed by atoms with Gasteiger partial charge in [-0.3, -0.25) is 29.2 Å². The lowest BCUT2D eigenvalue weighted by Crippen LogP contribution is -2.42. The highest BCUT2D eigenvalue weighted by atomic mass is 32.1. The molecule has 0 aliphatic carbocycles. The van der Waals surface area contributed by atoms with Crippen molar-refractivity contribution in [3.05, 3.63) is 89.2 Å². The number of thiazole rings is 1. The minimum absolute atomic E-state index is 0.0137. The Kier molecular flexibility index (Phi) is 5.14. The number of anilines is 1. The number of hydrogen-bond donors (Lipinski definition) is 0. The summed E-state index contributed by atoms with van der Waals surface area (Å²) >= 11 is 0.933. The first kappa shape index (κ1) is 20.8. The molecule has 7 nitrogen and oxygen atoms in total. The molecule has 2 aromatic heterocycles. The van der Waals surface area contributed by atoms with Gasteiger partial charge in [0.1, 0.15) is 17.9 Å². The van der Waals surface area contributed by atoms with Gasteiger partial charge in [0.05, 0.1) is 22.4 Å². The van der Waals surface area contributed by atoms with Gasteiger partial charge in [-0.25, -0.2) is 13.8 Å². The smallest absolute Gasteiger partial charge is 0.262 e. The molecule has 1 aliphatic rings. The average Bonchev–Trinajstić information content (AvgIpc) is 3.33. The van der Waals surface area contributed by atoms with Crippen LogP contribution in [0.5, 0.6) is 0 Å². The van der Waals surface area contributed by atoms with Gasteiger partial charge in [-0.05, 0) is 29.8 Å². The predicted octanol–water partition coefficient (Wildman–Crippen LogP) is 3.80. The Morgan fingerprint density at radius 3 is 2.42 bits per heavy atom. The monoisotopic (exact) mass is 464 g/mol. The Balaban J connectivity index is 1.50. The van der Waals surface area contributed by atoms with Crippen LogP contribution in [0.1, 0.15) is 26.3 Å². The highest BCUT2D eigenvalue weighted by molar-refractivity contribution is 7.22. The van der Waals surface area contributed by atoms with Crippen LogP contribution >= 0.6 is 11.3 Å². The number of carbonyl (C=O) groups excluding carboxylic acids is 3. The zero-order valence-electron chi connectivity index (χ0n) is 16.9. The van der Waals surface area contributed by atoms with E-state index in [1.165, 1.54) is 17.0 Å². The predicted molar refractivity (Wildman–Crippen MR) is 117 cm³/mol. The molecule has 164 valence electrons. The van der Waals surface area contributed by atoms with Crippen LogP contribution in [0.4, 0.5) is 13.9 Å². The van der Waals surface area contributed by atoms with Crippen molar-refractivity contribution in [3.8, 4) is 0 Å². The summed E-state index contributed by atoms with van der Waals surface area (Å²) in [6.45, 7) is -0.515. The highest BCUT2D eigenvalue weighted by Gasteiger charge is 2.37. The molecule has 5 rings (SSSR count). The fourth-order valence-corrected chi connectivity index (χ4v) is 4.62. The molecule has 0 saturated heterocycles. The fraction of sp³-hybridized carbons (Fsp3) is 0.0870. The SMILES string of the molecule is O=C1c2ccccc2C(=O)N1CC(=O)N(Cc1cccnc1)c1nc2c(F)cc(F)cc2s1. The van der Waals surface area contributed by atoms with Gasteiger partial charge in [0.25, 0.3) is 11.8 Å². The van der Waals surface area contributed by atoms with E-state index >= 15 is 0 Å². The van der Waals surface area contributed by atoms with E-state index in [-0.39, 0.29) is 33.0 Å². The molecule has 0 fully saturated rings. The molecule has 0 unspecified atom stereocenters. The molecule has 0 N–H and O–H groups in total. The molecule has 4 aromatic rings. The topological polar surface area (TPSA) is 83.5 Å². The van der Waals surface area contributed by atoms with Crippen LogP contribution in [-0.2, 0) is 11.3 Å². The molecular formula is C23H14F2N4O3S. The van der Waals surface area contributed by atoms with Gasteiger partial charge in [-0.15, -0.1) is 0 Å². The van der Waals surface area contributed by atoms with Crippen molar-refractivity contribution in [1.29, 1.82) is 0 Å². The van der Waals surface area contributed by atoms with Crippen molar-refractivity contribution < 1.29 is 23.2 Å². The van der Waals surface area contributed by atoms with Gasteiger partial charge < -0.3 is 0 Å². The molecule has 33 heavy (non-hydrogen) atoms. The number of halogens is 2. The second-order valence-corrected chi connectivity index (χ2v) is 8.32. The van der Waals surface area contributed by atoms with Gasteiger partial charge in [-0.2, -0.15) is 0 Å². The molecule has 3 amide bonds. The number of rotatable bonds is 5. The standard InChI is InChI=1S/C23H14F2N4O3S/c24-14-8-17(25)20-18(9-14)33-23(27-20)28(11-13-4-3-7-26-10-13)19(30)12-29-21(31)15-5-1-2-6-16(15)22(29)32/h1-10H,11-12H2. The number of hydrogen-bond acceptors (Lipinski definition) is 6. The average molecular weight is 464 g/mol. The van der Waals surface area contributed by atoms with Crippen molar-refractivity contribution in [2.45, 2.75) is 6.54 Å². The van der Waals surface area contributed by atoms with Crippen LogP contribution in [0, 0.1) is 11.6 Å². The molecule has 10 heteroatoms. The van der Waals surface area contributed by atoms with E-state index in [4.69, 9.17) is 0 Å². The van der Waals surface area contributed by atoms with Crippen LogP contribution in [0.15, 0.2) is 60.9 Å². The Morgan fingerprint density at radius 1 is 1.03 bits per heavy atom. The number of benzene rings is 2. The molecule has 0 spiro atoms. The van der Waals surface area contributed by atoms with Crippen molar-refractivity contribution in [2.24, 2.45) is 0 Å². The van der Waals surface area contributed by atoms with E-state index in [1.807, 2.05) is 0 Å². The van der Waals surface area contributed by atoms with Gasteiger partial charge >= 0.3 is 0 Å². The van der Waals surface area contributed by atoms with Crippen molar-refractivity contribution in [2.75, 3.05) is 11.4 Å². The van der Waals surface area contributed by atoms with Gasteiger partial charge in [-0.1, -0.05) is 29.5 Å². The lowest BCUT2D eigenvalue weighted by Gasteiger charge is -2.22. The lowest BCUT2D eigenvalue weighted by molar-refractivity contribution is -0.119. The number of aromatic nitrogens is 2. The maximum absolute atomic E-state index is 14.2. The molecule has 0 atom stereocenters. The largest absolute Gasteiger partial charge is 0.282 e. The summed E-state index contributed by atoms with van der Waals surface area (Å²) in [5.41, 5.74) is 1.04. The van der Waals surface area contributed by atoms with E-state index in [0.29, 0.717) is 5.56 Å². The first-order chi connectivity index (χ1) is 15.9. The highest BCUT2D eigenvalue weighted by Crippen LogP contribution is 2.32. The van der Waals surface area contributed by atoms with E-state index in [1.54, 1.807) is 36.7 Å². The number of pyridine rings is 1. The van der Waals surface area contributed by atoms with Gasteiger partial charge in [0.15, 0.2) is 10.9 Å². The molecule has 0 radical (unpaired) electrons. The zero-order valence-corrected chi connectivity index (χ0v) is 17.7. The Bertz CT molecular complexity index is 1390. The second kappa shape index (κ2) is 8.14. The Labute approximate surface area is 189 Å². The summed E-state index contributed by atoms with van der Waals surface area (Å²) in [5, 5.41) is 0.111. The second-order valence-electron chi connectivity index (χ2n) is 7.31. The van der Waals surface area contributed by atoms with Crippen molar-refractivity contribution >= 4 is 44.4 Å². The van der Waals surface area contributed by atoms with Crippen LogP contribution in [0.3, 0.4) is 0 Å². The maximum Gasteiger partial charge on any atom is 0.262 e. The van der Waals surface area contributed by atoms with Crippen LogP contribution in [-0.4, -0.2) is 39.1 Å². The van der Waals surface area contributed by atoms with Crippen molar-refractivity contribution in [3.63, 3.8) is 0 Å². The third kappa shape index (κ3) is 3.74. The molecule has 0 bridgehead atoms. The number of fused-ring (bicyclic) bond motifs is 2. The lowest BCUT2D eigenvalue weighted by atomic mass is 10.1. The van der Waals surface area contributed by atoms with E-state index in [0.717, 1.165) is 28.4 Å². The first-order valence-corrected chi connectivity index (χ1v) is 10.6. The normalized spacial score (nSPS) is 13.0. The zero-order chi connectivity index (χ0) is 23.1. The number of nitrogens with zero attached hydrogens (tertiary/aromatic N) is 4. The van der Waals surface area contributed by atoms with Gasteiger partial charge in [0, 0.05) is 18.5 Å². The third-order valence-corrected chi connectivity index (χ3v) is 6.19. The third-order valence-electron chi connectivity index (χ3n) is 5.17. The fourth-order valence-electron chi connectivity index (χ4n) is 3.60.